The Bertz CT molecular complexity index is 342. The first-order valence-electron chi connectivity index (χ1n) is 5.71. The Morgan fingerprint density at radius 3 is 2.20 bits per heavy atom. The molecule has 82 valence electrons. The van der Waals surface area contributed by atoms with E-state index >= 15 is 0 Å². The maximum Gasteiger partial charge on any atom is 0.0465 e. The van der Waals surface area contributed by atoms with Crippen LogP contribution in [0.2, 0.25) is 0 Å². The van der Waals surface area contributed by atoms with Crippen molar-refractivity contribution < 1.29 is 5.11 Å². The predicted octanol–water partition coefficient (Wildman–Crippen LogP) is 2.98. The highest BCUT2D eigenvalue weighted by atomic mass is 16.3. The van der Waals surface area contributed by atoms with Crippen LogP contribution in [0.25, 0.3) is 0 Å². The van der Waals surface area contributed by atoms with Crippen molar-refractivity contribution in [2.24, 2.45) is 11.3 Å². The average Bonchev–Trinajstić information content (AvgIpc) is 2.83. The van der Waals surface area contributed by atoms with Gasteiger partial charge in [-0.3, -0.25) is 0 Å². The van der Waals surface area contributed by atoms with Crippen LogP contribution >= 0.6 is 0 Å². The molecule has 0 bridgehead atoms. The molecule has 0 aliphatic heterocycles. The summed E-state index contributed by atoms with van der Waals surface area (Å²) in [5.74, 6) is 0.343. The Morgan fingerprint density at radius 1 is 1.27 bits per heavy atom. The molecule has 1 nitrogen and oxygen atoms in total. The number of benzene rings is 1. The summed E-state index contributed by atoms with van der Waals surface area (Å²) in [6.45, 7) is 7.03. The fourth-order valence-corrected chi connectivity index (χ4v) is 3.16. The van der Waals surface area contributed by atoms with Gasteiger partial charge in [-0.05, 0) is 23.3 Å². The molecule has 2 rings (SSSR count). The van der Waals surface area contributed by atoms with Crippen molar-refractivity contribution in [1.29, 1.82) is 0 Å². The zero-order valence-electron chi connectivity index (χ0n) is 9.83. The summed E-state index contributed by atoms with van der Waals surface area (Å²) in [7, 11) is 0. The lowest BCUT2D eigenvalue weighted by molar-refractivity contribution is 0.191. The van der Waals surface area contributed by atoms with Gasteiger partial charge in [-0.25, -0.2) is 0 Å². The van der Waals surface area contributed by atoms with E-state index in [4.69, 9.17) is 0 Å². The minimum absolute atomic E-state index is 0.197. The van der Waals surface area contributed by atoms with Crippen molar-refractivity contribution in [3.05, 3.63) is 35.9 Å². The molecule has 1 fully saturated rings. The number of hydrogen-bond donors (Lipinski definition) is 1. The van der Waals surface area contributed by atoms with Crippen molar-refractivity contribution in [2.75, 3.05) is 6.61 Å². The van der Waals surface area contributed by atoms with E-state index in [0.717, 1.165) is 0 Å². The van der Waals surface area contributed by atoms with Gasteiger partial charge in [0.15, 0.2) is 0 Å². The van der Waals surface area contributed by atoms with E-state index in [9.17, 15) is 5.11 Å². The average molecular weight is 204 g/mol. The van der Waals surface area contributed by atoms with Gasteiger partial charge in [0, 0.05) is 12.0 Å². The van der Waals surface area contributed by atoms with Crippen molar-refractivity contribution in [2.45, 2.75) is 32.6 Å². The van der Waals surface area contributed by atoms with Crippen molar-refractivity contribution in [3.63, 3.8) is 0 Å². The van der Waals surface area contributed by atoms with Crippen molar-refractivity contribution in [3.8, 4) is 0 Å². The van der Waals surface area contributed by atoms with E-state index in [-0.39, 0.29) is 12.0 Å². The molecule has 1 saturated carbocycles. The highest BCUT2D eigenvalue weighted by Crippen LogP contribution is 2.67. The summed E-state index contributed by atoms with van der Waals surface area (Å²) in [6, 6.07) is 10.6. The van der Waals surface area contributed by atoms with Crippen LogP contribution in [0.1, 0.15) is 32.8 Å². The van der Waals surface area contributed by atoms with Gasteiger partial charge in [-0.2, -0.15) is 0 Å². The Morgan fingerprint density at radius 2 is 1.80 bits per heavy atom. The van der Waals surface area contributed by atoms with Gasteiger partial charge in [0.2, 0.25) is 0 Å². The van der Waals surface area contributed by atoms with Gasteiger partial charge in [-0.1, -0.05) is 51.1 Å². The molecule has 0 amide bonds. The number of rotatable bonds is 3. The Labute approximate surface area is 92.1 Å². The minimum atomic E-state index is 0.197. The van der Waals surface area contributed by atoms with Crippen LogP contribution in [0.4, 0.5) is 0 Å². The lowest BCUT2D eigenvalue weighted by Crippen LogP contribution is -2.26. The van der Waals surface area contributed by atoms with Gasteiger partial charge in [-0.15, -0.1) is 0 Å². The fourth-order valence-electron chi connectivity index (χ4n) is 3.16. The van der Waals surface area contributed by atoms with Gasteiger partial charge in [0.05, 0.1) is 0 Å². The Kier molecular flexibility index (Phi) is 2.38. The summed E-state index contributed by atoms with van der Waals surface area (Å²) in [5.41, 5.74) is 1.91. The van der Waals surface area contributed by atoms with E-state index in [1.807, 2.05) is 0 Å². The van der Waals surface area contributed by atoms with Crippen LogP contribution < -0.4 is 0 Å². The second-order valence-electron chi connectivity index (χ2n) is 5.48. The third-order valence-electron chi connectivity index (χ3n) is 4.21. The maximum atomic E-state index is 9.40. The predicted molar refractivity (Wildman–Crippen MR) is 62.8 cm³/mol. The monoisotopic (exact) mass is 204 g/mol. The molecule has 0 spiro atoms. The summed E-state index contributed by atoms with van der Waals surface area (Å²) < 4.78 is 0. The topological polar surface area (TPSA) is 20.2 Å². The number of aliphatic hydroxyl groups is 1. The molecular weight excluding hydrogens is 184 g/mol. The van der Waals surface area contributed by atoms with E-state index in [0.29, 0.717) is 11.3 Å². The van der Waals surface area contributed by atoms with Crippen molar-refractivity contribution >= 4 is 0 Å². The molecule has 1 heteroatoms. The molecule has 1 unspecified atom stereocenters. The van der Waals surface area contributed by atoms with Gasteiger partial charge >= 0.3 is 0 Å². The molecule has 1 aliphatic rings. The van der Waals surface area contributed by atoms with Crippen LogP contribution in [0, 0.1) is 11.3 Å². The normalized spacial score (nSPS) is 29.9. The molecule has 0 radical (unpaired) electrons. The number of hydrogen-bond acceptors (Lipinski definition) is 1. The highest BCUT2D eigenvalue weighted by molar-refractivity contribution is 5.37. The molecule has 0 saturated heterocycles. The van der Waals surface area contributed by atoms with Crippen LogP contribution in [0.5, 0.6) is 0 Å². The Hall–Kier alpha value is -0.820. The zero-order chi connectivity index (χ0) is 11.1. The standard InChI is InChI=1S/C14H20O/c1-11(9-15)14(10-13(14,2)3)12-7-5-4-6-8-12/h4-8,11,15H,9-10H2,1-3H3/t11-,14?/m1/s1. The summed E-state index contributed by atoms with van der Waals surface area (Å²) in [4.78, 5) is 0. The molecule has 1 N–H and O–H groups in total. The zero-order valence-corrected chi connectivity index (χ0v) is 9.83. The molecule has 1 aromatic carbocycles. The molecular formula is C14H20O. The molecule has 2 atom stereocenters. The summed E-state index contributed by atoms with van der Waals surface area (Å²) >= 11 is 0. The van der Waals surface area contributed by atoms with E-state index in [1.54, 1.807) is 0 Å². The lowest BCUT2D eigenvalue weighted by atomic mass is 9.78. The first-order chi connectivity index (χ1) is 7.04. The molecule has 0 aromatic heterocycles. The lowest BCUT2D eigenvalue weighted by Gasteiger charge is -2.27. The highest BCUT2D eigenvalue weighted by Gasteiger charge is 2.64. The van der Waals surface area contributed by atoms with Crippen LogP contribution in [-0.2, 0) is 5.41 Å². The third-order valence-corrected chi connectivity index (χ3v) is 4.21. The van der Waals surface area contributed by atoms with E-state index in [1.165, 1.54) is 12.0 Å². The summed E-state index contributed by atoms with van der Waals surface area (Å²) in [6.07, 6.45) is 1.19. The SMILES string of the molecule is C[C@H](CO)C1(c2ccccc2)CC1(C)C. The fraction of sp³-hybridized carbons (Fsp3) is 0.571. The quantitative estimate of drug-likeness (QED) is 0.802. The first-order valence-corrected chi connectivity index (χ1v) is 5.71. The third kappa shape index (κ3) is 1.41. The number of aliphatic hydroxyl groups excluding tert-OH is 1. The molecule has 0 heterocycles. The molecule has 1 aliphatic carbocycles. The van der Waals surface area contributed by atoms with Gasteiger partial charge in [0.1, 0.15) is 0 Å². The van der Waals surface area contributed by atoms with Gasteiger partial charge < -0.3 is 5.11 Å². The largest absolute Gasteiger partial charge is 0.396 e. The first kappa shape index (κ1) is 10.7. The maximum absolute atomic E-state index is 9.40. The second-order valence-corrected chi connectivity index (χ2v) is 5.48. The van der Waals surface area contributed by atoms with Crippen LogP contribution in [-0.4, -0.2) is 11.7 Å². The minimum Gasteiger partial charge on any atom is -0.396 e. The van der Waals surface area contributed by atoms with Crippen LogP contribution in [0.3, 0.4) is 0 Å². The van der Waals surface area contributed by atoms with Crippen molar-refractivity contribution in [1.82, 2.24) is 0 Å². The van der Waals surface area contributed by atoms with Gasteiger partial charge in [0.25, 0.3) is 0 Å². The van der Waals surface area contributed by atoms with E-state index in [2.05, 4.69) is 51.1 Å². The van der Waals surface area contributed by atoms with E-state index < -0.39 is 0 Å². The smallest absolute Gasteiger partial charge is 0.0465 e. The van der Waals surface area contributed by atoms with Crippen LogP contribution in [0.15, 0.2) is 30.3 Å². The summed E-state index contributed by atoms with van der Waals surface area (Å²) in [5, 5.41) is 9.40. The molecule has 15 heavy (non-hydrogen) atoms. The Balaban J connectivity index is 2.39. The second kappa shape index (κ2) is 3.34. The molecule has 1 aromatic rings.